The Morgan fingerprint density at radius 3 is 3.09 bits per heavy atom. The van der Waals surface area contributed by atoms with Gasteiger partial charge in [-0.05, 0) is 24.3 Å². The standard InChI is InChI=1S/C14H16N4O3S2/c15-12(20)9-3-1-5-18(7-9)11(19)8-23-14-17-16-13(21-14)10-4-2-6-22-10/h2,4,6,9H,1,3,5,7-8H2,(H2,15,20)/t9-/m1/s1. The zero-order valence-corrected chi connectivity index (χ0v) is 13.9. The third-order valence-electron chi connectivity index (χ3n) is 3.63. The summed E-state index contributed by atoms with van der Waals surface area (Å²) in [7, 11) is 0. The van der Waals surface area contributed by atoms with E-state index in [1.165, 1.54) is 23.1 Å². The molecule has 1 saturated heterocycles. The molecule has 0 spiro atoms. The lowest BCUT2D eigenvalue weighted by atomic mass is 9.97. The molecular weight excluding hydrogens is 336 g/mol. The number of amides is 2. The number of aromatic nitrogens is 2. The van der Waals surface area contributed by atoms with Crippen molar-refractivity contribution in [2.24, 2.45) is 11.7 Å². The van der Waals surface area contributed by atoms with Gasteiger partial charge in [-0.2, -0.15) is 0 Å². The van der Waals surface area contributed by atoms with Gasteiger partial charge in [-0.3, -0.25) is 9.59 Å². The maximum Gasteiger partial charge on any atom is 0.277 e. The van der Waals surface area contributed by atoms with Gasteiger partial charge in [0.2, 0.25) is 11.8 Å². The molecule has 9 heteroatoms. The largest absolute Gasteiger partial charge is 0.410 e. The van der Waals surface area contributed by atoms with Crippen LogP contribution in [0.3, 0.4) is 0 Å². The van der Waals surface area contributed by atoms with Crippen molar-refractivity contribution in [1.82, 2.24) is 15.1 Å². The molecule has 0 aliphatic carbocycles. The fourth-order valence-electron chi connectivity index (χ4n) is 2.42. The Morgan fingerprint density at radius 1 is 1.48 bits per heavy atom. The van der Waals surface area contributed by atoms with Crippen molar-refractivity contribution in [3.8, 4) is 10.8 Å². The van der Waals surface area contributed by atoms with Gasteiger partial charge >= 0.3 is 0 Å². The third-order valence-corrected chi connectivity index (χ3v) is 5.30. The second kappa shape index (κ2) is 7.14. The van der Waals surface area contributed by atoms with E-state index >= 15 is 0 Å². The summed E-state index contributed by atoms with van der Waals surface area (Å²) in [6, 6.07) is 3.81. The maximum absolute atomic E-state index is 12.2. The van der Waals surface area contributed by atoms with E-state index < -0.39 is 0 Å². The van der Waals surface area contributed by atoms with Crippen molar-refractivity contribution >= 4 is 34.9 Å². The predicted molar refractivity (Wildman–Crippen MR) is 86.8 cm³/mol. The molecule has 1 aliphatic heterocycles. The highest BCUT2D eigenvalue weighted by atomic mass is 32.2. The van der Waals surface area contributed by atoms with E-state index in [0.29, 0.717) is 24.2 Å². The highest BCUT2D eigenvalue weighted by Crippen LogP contribution is 2.27. The molecule has 0 unspecified atom stereocenters. The van der Waals surface area contributed by atoms with Gasteiger partial charge < -0.3 is 15.1 Å². The monoisotopic (exact) mass is 352 g/mol. The lowest BCUT2D eigenvalue weighted by molar-refractivity contribution is -0.132. The second-order valence-electron chi connectivity index (χ2n) is 5.22. The van der Waals surface area contributed by atoms with Crippen LogP contribution < -0.4 is 5.73 Å². The fourth-order valence-corrected chi connectivity index (χ4v) is 3.73. The van der Waals surface area contributed by atoms with E-state index in [-0.39, 0.29) is 23.5 Å². The van der Waals surface area contributed by atoms with Crippen LogP contribution in [-0.4, -0.2) is 45.8 Å². The van der Waals surface area contributed by atoms with Gasteiger partial charge in [-0.25, -0.2) is 0 Å². The zero-order valence-electron chi connectivity index (χ0n) is 12.3. The minimum absolute atomic E-state index is 0.0446. The van der Waals surface area contributed by atoms with Gasteiger partial charge in [0.15, 0.2) is 0 Å². The molecule has 1 atom stereocenters. The third kappa shape index (κ3) is 3.91. The molecule has 1 aliphatic rings. The molecule has 3 heterocycles. The quantitative estimate of drug-likeness (QED) is 0.820. The number of likely N-dealkylation sites (tertiary alicyclic amines) is 1. The van der Waals surface area contributed by atoms with Crippen LogP contribution >= 0.6 is 23.1 Å². The van der Waals surface area contributed by atoms with Crippen LogP contribution in [0.15, 0.2) is 27.2 Å². The Hall–Kier alpha value is -1.87. The van der Waals surface area contributed by atoms with Crippen LogP contribution in [0.2, 0.25) is 0 Å². The first-order valence-electron chi connectivity index (χ1n) is 7.21. The molecule has 2 N–H and O–H groups in total. The number of primary amides is 1. The van der Waals surface area contributed by atoms with Crippen molar-refractivity contribution < 1.29 is 14.0 Å². The highest BCUT2D eigenvalue weighted by Gasteiger charge is 2.27. The maximum atomic E-state index is 12.2. The molecule has 1 fully saturated rings. The van der Waals surface area contributed by atoms with Crippen LogP contribution in [-0.2, 0) is 9.59 Å². The van der Waals surface area contributed by atoms with Crippen LogP contribution in [0.4, 0.5) is 0 Å². The summed E-state index contributed by atoms with van der Waals surface area (Å²) >= 11 is 2.72. The SMILES string of the molecule is NC(=O)[C@@H]1CCCN(C(=O)CSc2nnc(-c3cccs3)o2)C1. The van der Waals surface area contributed by atoms with Crippen molar-refractivity contribution in [3.63, 3.8) is 0 Å². The number of piperidine rings is 1. The number of thioether (sulfide) groups is 1. The summed E-state index contributed by atoms with van der Waals surface area (Å²) in [5.41, 5.74) is 5.33. The molecule has 2 amide bonds. The lowest BCUT2D eigenvalue weighted by Crippen LogP contribution is -2.44. The minimum Gasteiger partial charge on any atom is -0.410 e. The Bertz CT molecular complexity index is 686. The van der Waals surface area contributed by atoms with E-state index in [1.54, 1.807) is 4.90 Å². The van der Waals surface area contributed by atoms with E-state index in [9.17, 15) is 9.59 Å². The summed E-state index contributed by atoms with van der Waals surface area (Å²) in [5, 5.41) is 10.2. The molecule has 7 nitrogen and oxygen atoms in total. The van der Waals surface area contributed by atoms with Crippen LogP contribution in [0.5, 0.6) is 0 Å². The van der Waals surface area contributed by atoms with Gasteiger partial charge in [0, 0.05) is 13.1 Å². The summed E-state index contributed by atoms with van der Waals surface area (Å²) in [4.78, 5) is 26.1. The minimum atomic E-state index is -0.340. The van der Waals surface area contributed by atoms with E-state index in [0.717, 1.165) is 17.7 Å². The average molecular weight is 352 g/mol. The smallest absolute Gasteiger partial charge is 0.277 e. The van der Waals surface area contributed by atoms with Crippen molar-refractivity contribution in [2.75, 3.05) is 18.8 Å². The predicted octanol–water partition coefficient (Wildman–Crippen LogP) is 1.61. The Kier molecular flexibility index (Phi) is 4.97. The normalized spacial score (nSPS) is 18.1. The molecule has 0 radical (unpaired) electrons. The molecule has 0 bridgehead atoms. The molecule has 0 aromatic carbocycles. The molecular formula is C14H16N4O3S2. The zero-order chi connectivity index (χ0) is 16.2. The number of carbonyl (C=O) groups is 2. The number of nitrogens with zero attached hydrogens (tertiary/aromatic N) is 3. The number of rotatable bonds is 5. The van der Waals surface area contributed by atoms with Crippen molar-refractivity contribution in [1.29, 1.82) is 0 Å². The van der Waals surface area contributed by atoms with Gasteiger partial charge in [-0.15, -0.1) is 21.5 Å². The first-order valence-corrected chi connectivity index (χ1v) is 9.07. The van der Waals surface area contributed by atoms with Crippen LogP contribution in [0.1, 0.15) is 12.8 Å². The summed E-state index contributed by atoms with van der Waals surface area (Å²) in [6.07, 6.45) is 1.55. The number of thiophene rings is 1. The fraction of sp³-hybridized carbons (Fsp3) is 0.429. The second-order valence-corrected chi connectivity index (χ2v) is 7.09. The van der Waals surface area contributed by atoms with Crippen LogP contribution in [0.25, 0.3) is 10.8 Å². The molecule has 3 rings (SSSR count). The molecule has 2 aromatic rings. The topological polar surface area (TPSA) is 102 Å². The van der Waals surface area contributed by atoms with Gasteiger partial charge in [-0.1, -0.05) is 17.8 Å². The molecule has 122 valence electrons. The van der Waals surface area contributed by atoms with Crippen molar-refractivity contribution in [3.05, 3.63) is 17.5 Å². The number of nitrogens with two attached hydrogens (primary N) is 1. The lowest BCUT2D eigenvalue weighted by Gasteiger charge is -2.31. The van der Waals surface area contributed by atoms with Gasteiger partial charge in [0.25, 0.3) is 11.1 Å². The highest BCUT2D eigenvalue weighted by molar-refractivity contribution is 7.99. The Morgan fingerprint density at radius 2 is 2.35 bits per heavy atom. The Balaban J connectivity index is 1.54. The first kappa shape index (κ1) is 16.0. The van der Waals surface area contributed by atoms with Gasteiger partial charge in [0.1, 0.15) is 0 Å². The van der Waals surface area contributed by atoms with Crippen molar-refractivity contribution in [2.45, 2.75) is 18.1 Å². The molecule has 2 aromatic heterocycles. The average Bonchev–Trinajstić information content (AvgIpc) is 3.23. The summed E-state index contributed by atoms with van der Waals surface area (Å²) in [6.45, 7) is 1.06. The first-order chi connectivity index (χ1) is 11.1. The number of hydrogen-bond acceptors (Lipinski definition) is 7. The molecule has 0 saturated carbocycles. The summed E-state index contributed by atoms with van der Waals surface area (Å²) < 4.78 is 5.53. The van der Waals surface area contributed by atoms with E-state index in [1.807, 2.05) is 17.5 Å². The summed E-state index contributed by atoms with van der Waals surface area (Å²) in [5.74, 6) is 0.0371. The van der Waals surface area contributed by atoms with Gasteiger partial charge in [0.05, 0.1) is 16.5 Å². The molecule has 23 heavy (non-hydrogen) atoms. The number of hydrogen-bond donors (Lipinski definition) is 1. The van der Waals surface area contributed by atoms with E-state index in [2.05, 4.69) is 10.2 Å². The Labute approximate surface area is 141 Å². The van der Waals surface area contributed by atoms with Crippen LogP contribution in [0, 0.1) is 5.92 Å². The van der Waals surface area contributed by atoms with E-state index in [4.69, 9.17) is 10.2 Å². The number of carbonyl (C=O) groups excluding carboxylic acids is 2.